The molecule has 0 radical (unpaired) electrons. The van der Waals surface area contributed by atoms with Gasteiger partial charge in [0, 0.05) is 18.7 Å². The van der Waals surface area contributed by atoms with Crippen molar-refractivity contribution in [3.63, 3.8) is 0 Å². The first-order chi connectivity index (χ1) is 21.2. The Labute approximate surface area is 261 Å². The number of nitrogens with one attached hydrogen (secondary N) is 1. The van der Waals surface area contributed by atoms with Crippen LogP contribution in [0.3, 0.4) is 0 Å². The highest BCUT2D eigenvalue weighted by Gasteiger charge is 2.35. The fourth-order valence-electron chi connectivity index (χ4n) is 5.59. The third-order valence-corrected chi connectivity index (χ3v) is 9.85. The van der Waals surface area contributed by atoms with Gasteiger partial charge in [-0.25, -0.2) is 8.42 Å². The second kappa shape index (κ2) is 15.1. The first kappa shape index (κ1) is 32.9. The summed E-state index contributed by atoms with van der Waals surface area (Å²) in [6.07, 6.45) is 5.46. The topological polar surface area (TPSA) is 105 Å². The van der Waals surface area contributed by atoms with Crippen molar-refractivity contribution in [2.75, 3.05) is 25.1 Å². The number of amides is 2. The predicted octanol–water partition coefficient (Wildman–Crippen LogP) is 5.46. The summed E-state index contributed by atoms with van der Waals surface area (Å²) in [6, 6.07) is 19.9. The zero-order valence-corrected chi connectivity index (χ0v) is 26.8. The van der Waals surface area contributed by atoms with Crippen molar-refractivity contribution in [3.05, 3.63) is 83.9 Å². The molecule has 1 fully saturated rings. The Morgan fingerprint density at radius 3 is 2.23 bits per heavy atom. The molecule has 0 bridgehead atoms. The van der Waals surface area contributed by atoms with Crippen LogP contribution in [-0.4, -0.2) is 58.0 Å². The summed E-state index contributed by atoms with van der Waals surface area (Å²) in [6.45, 7) is 3.32. The molecule has 3 aromatic carbocycles. The number of nitrogens with zero attached hydrogens (tertiary/aromatic N) is 2. The number of anilines is 1. The number of sulfonamides is 1. The largest absolute Gasteiger partial charge is 0.497 e. The average molecular weight is 622 g/mol. The van der Waals surface area contributed by atoms with Gasteiger partial charge in [0.15, 0.2) is 0 Å². The fourth-order valence-corrected chi connectivity index (χ4v) is 7.00. The molecule has 44 heavy (non-hydrogen) atoms. The minimum absolute atomic E-state index is 0.0254. The van der Waals surface area contributed by atoms with E-state index in [0.29, 0.717) is 12.2 Å². The van der Waals surface area contributed by atoms with Gasteiger partial charge in [0.1, 0.15) is 24.1 Å². The summed E-state index contributed by atoms with van der Waals surface area (Å²) in [5, 5.41) is 3.17. The number of aryl methyl sites for hydroxylation is 1. The van der Waals surface area contributed by atoms with Gasteiger partial charge in [-0.1, -0.05) is 74.2 Å². The van der Waals surface area contributed by atoms with E-state index in [4.69, 9.17) is 9.47 Å². The van der Waals surface area contributed by atoms with Gasteiger partial charge in [0.2, 0.25) is 11.8 Å². The summed E-state index contributed by atoms with van der Waals surface area (Å²) >= 11 is 0. The molecule has 0 saturated heterocycles. The zero-order chi connectivity index (χ0) is 31.7. The molecule has 9 nitrogen and oxygen atoms in total. The summed E-state index contributed by atoms with van der Waals surface area (Å²) < 4.78 is 40.5. The molecule has 10 heteroatoms. The number of hydrogen-bond acceptors (Lipinski definition) is 6. The molecular formula is C34H43N3O6S. The molecule has 3 aromatic rings. The van der Waals surface area contributed by atoms with Crippen LogP contribution in [0.2, 0.25) is 0 Å². The minimum atomic E-state index is -4.26. The van der Waals surface area contributed by atoms with Gasteiger partial charge >= 0.3 is 0 Å². The number of carbonyl (C=O) groups excluding carboxylic acids is 2. The molecule has 1 aliphatic carbocycles. The Morgan fingerprint density at radius 1 is 0.932 bits per heavy atom. The van der Waals surface area contributed by atoms with Crippen LogP contribution in [-0.2, 0) is 26.2 Å². The van der Waals surface area contributed by atoms with Crippen molar-refractivity contribution >= 4 is 27.5 Å². The lowest BCUT2D eigenvalue weighted by Gasteiger charge is -2.34. The van der Waals surface area contributed by atoms with Gasteiger partial charge in [0.25, 0.3) is 10.0 Å². The van der Waals surface area contributed by atoms with Crippen LogP contribution < -0.4 is 19.1 Å². The van der Waals surface area contributed by atoms with Crippen molar-refractivity contribution < 1.29 is 27.5 Å². The molecule has 0 aromatic heterocycles. The summed E-state index contributed by atoms with van der Waals surface area (Å²) in [5.74, 6) is -0.0848. The van der Waals surface area contributed by atoms with Gasteiger partial charge in [-0.3, -0.25) is 13.9 Å². The summed E-state index contributed by atoms with van der Waals surface area (Å²) in [7, 11) is -1.34. The van der Waals surface area contributed by atoms with E-state index < -0.39 is 28.5 Å². The van der Waals surface area contributed by atoms with E-state index in [2.05, 4.69) is 5.32 Å². The molecule has 2 amide bonds. The highest BCUT2D eigenvalue weighted by Crippen LogP contribution is 2.36. The van der Waals surface area contributed by atoms with E-state index in [-0.39, 0.29) is 34.8 Å². The summed E-state index contributed by atoms with van der Waals surface area (Å²) in [4.78, 5) is 29.6. The molecule has 0 unspecified atom stereocenters. The fraction of sp³-hybridized carbons (Fsp3) is 0.412. The number of carbonyl (C=O) groups is 2. The van der Waals surface area contributed by atoms with Crippen LogP contribution in [0, 0.1) is 6.92 Å². The second-order valence-corrected chi connectivity index (χ2v) is 13.0. The Morgan fingerprint density at radius 2 is 1.61 bits per heavy atom. The predicted molar refractivity (Wildman–Crippen MR) is 171 cm³/mol. The number of rotatable bonds is 13. The van der Waals surface area contributed by atoms with Crippen LogP contribution in [0.4, 0.5) is 5.69 Å². The molecule has 4 rings (SSSR count). The minimum Gasteiger partial charge on any atom is -0.497 e. The molecule has 1 N–H and O–H groups in total. The van der Waals surface area contributed by atoms with Crippen LogP contribution in [0.1, 0.15) is 56.6 Å². The maximum Gasteiger partial charge on any atom is 0.264 e. The quantitative estimate of drug-likeness (QED) is 0.272. The Kier molecular flexibility index (Phi) is 11.3. The first-order valence-electron chi connectivity index (χ1n) is 15.1. The van der Waals surface area contributed by atoms with Crippen LogP contribution in [0.5, 0.6) is 11.5 Å². The number of benzene rings is 3. The van der Waals surface area contributed by atoms with Crippen LogP contribution in [0.25, 0.3) is 0 Å². The monoisotopic (exact) mass is 621 g/mol. The van der Waals surface area contributed by atoms with E-state index in [9.17, 15) is 18.0 Å². The molecule has 1 aliphatic rings. The van der Waals surface area contributed by atoms with Gasteiger partial charge in [-0.05, 0) is 56.0 Å². The number of ether oxygens (including phenoxy) is 2. The van der Waals surface area contributed by atoms with Gasteiger partial charge in [-0.15, -0.1) is 0 Å². The number of methoxy groups -OCH3 is 2. The normalized spacial score (nSPS) is 14.4. The van der Waals surface area contributed by atoms with E-state index >= 15 is 0 Å². The van der Waals surface area contributed by atoms with E-state index in [1.165, 1.54) is 37.3 Å². The average Bonchev–Trinajstić information content (AvgIpc) is 3.04. The van der Waals surface area contributed by atoms with Crippen molar-refractivity contribution in [2.24, 2.45) is 0 Å². The highest BCUT2D eigenvalue weighted by atomic mass is 32.2. The van der Waals surface area contributed by atoms with Crippen molar-refractivity contribution in [3.8, 4) is 11.5 Å². The molecule has 0 heterocycles. The molecular weight excluding hydrogens is 578 g/mol. The second-order valence-electron chi connectivity index (χ2n) is 11.1. The lowest BCUT2D eigenvalue weighted by atomic mass is 9.95. The van der Waals surface area contributed by atoms with E-state index in [0.717, 1.165) is 47.5 Å². The lowest BCUT2D eigenvalue weighted by molar-refractivity contribution is -0.140. The van der Waals surface area contributed by atoms with E-state index in [1.54, 1.807) is 24.3 Å². The summed E-state index contributed by atoms with van der Waals surface area (Å²) in [5.41, 5.74) is 1.88. The maximum atomic E-state index is 14.4. The van der Waals surface area contributed by atoms with Crippen LogP contribution >= 0.6 is 0 Å². The zero-order valence-electron chi connectivity index (χ0n) is 26.0. The molecule has 236 valence electrons. The lowest BCUT2D eigenvalue weighted by Crippen LogP contribution is -2.54. The SMILES string of the molecule is CC[C@@H](C(=O)NC1CCCCC1)N(Cc1ccccc1)C(=O)CN(c1cc(OC)ccc1OC)S(=O)(=O)c1ccc(C)cc1. The Balaban J connectivity index is 1.76. The maximum absolute atomic E-state index is 14.4. The third-order valence-electron chi connectivity index (χ3n) is 8.08. The molecule has 0 aliphatic heterocycles. The standard InChI is InChI=1S/C34H43N3O6S/c1-5-30(34(39)35-27-14-10-7-11-15-27)36(23-26-12-8-6-9-13-26)33(38)24-37(31-22-28(42-3)18-21-32(31)43-4)44(40,41)29-19-16-25(2)17-20-29/h6,8-9,12-13,16-22,27,30H,5,7,10-11,14-15,23-24H2,1-4H3,(H,35,39)/t30-/m0/s1. The Bertz CT molecular complexity index is 1510. The number of hydrogen-bond donors (Lipinski definition) is 1. The Hall–Kier alpha value is -4.05. The van der Waals surface area contributed by atoms with Crippen molar-refractivity contribution in [1.29, 1.82) is 0 Å². The first-order valence-corrected chi connectivity index (χ1v) is 16.6. The van der Waals surface area contributed by atoms with E-state index in [1.807, 2.05) is 44.2 Å². The van der Waals surface area contributed by atoms with Gasteiger partial charge in [0.05, 0.1) is 24.8 Å². The molecule has 1 atom stereocenters. The van der Waals surface area contributed by atoms with Crippen molar-refractivity contribution in [1.82, 2.24) is 10.2 Å². The van der Waals surface area contributed by atoms with Gasteiger partial charge < -0.3 is 19.7 Å². The third kappa shape index (κ3) is 7.91. The smallest absolute Gasteiger partial charge is 0.264 e. The van der Waals surface area contributed by atoms with Gasteiger partial charge in [-0.2, -0.15) is 0 Å². The van der Waals surface area contributed by atoms with Crippen LogP contribution in [0.15, 0.2) is 77.7 Å². The molecule has 1 saturated carbocycles. The van der Waals surface area contributed by atoms with Crippen molar-refractivity contribution in [2.45, 2.75) is 75.9 Å². The highest BCUT2D eigenvalue weighted by molar-refractivity contribution is 7.92. The molecule has 0 spiro atoms.